The van der Waals surface area contributed by atoms with Gasteiger partial charge in [0, 0.05) is 5.69 Å². The van der Waals surface area contributed by atoms with E-state index in [0.29, 0.717) is 12.4 Å². The van der Waals surface area contributed by atoms with Gasteiger partial charge < -0.3 is 14.5 Å². The topological polar surface area (TPSA) is 107 Å². The number of urea groups is 1. The SMILES string of the molecule is CC1Oc2c(S(=O)(=NC(c3ccccc3)(c3ccccc3)c3ccccc3)NC(=O)Nc3c4c(cc5c3CCC5)CCC4)cnn2CC1O[Si](C)(C)C(C)(C)C. The highest BCUT2D eigenvalue weighted by atomic mass is 32.2. The van der Waals surface area contributed by atoms with Gasteiger partial charge in [-0.25, -0.2) is 18.4 Å². The molecule has 2 aliphatic carbocycles. The highest BCUT2D eigenvalue weighted by Crippen LogP contribution is 2.45. The van der Waals surface area contributed by atoms with E-state index in [4.69, 9.17) is 18.6 Å². The molecule has 1 aromatic heterocycles. The van der Waals surface area contributed by atoms with Crippen molar-refractivity contribution >= 4 is 30.0 Å². The highest BCUT2D eigenvalue weighted by molar-refractivity contribution is 7.92. The molecular weight excluding hydrogens is 735 g/mol. The van der Waals surface area contributed by atoms with E-state index in [1.807, 2.05) is 97.9 Å². The van der Waals surface area contributed by atoms with Crippen molar-refractivity contribution in [3.8, 4) is 5.88 Å². The van der Waals surface area contributed by atoms with E-state index in [1.54, 1.807) is 10.9 Å². The molecule has 0 saturated heterocycles. The number of anilines is 1. The van der Waals surface area contributed by atoms with Gasteiger partial charge in [-0.1, -0.05) is 118 Å². The number of benzene rings is 4. The first-order valence-corrected chi connectivity index (χ1v) is 24.3. The van der Waals surface area contributed by atoms with Crippen LogP contribution in [0.15, 0.2) is 113 Å². The number of nitrogens with one attached hydrogen (secondary N) is 2. The minimum absolute atomic E-state index is 0.00138. The van der Waals surface area contributed by atoms with Gasteiger partial charge in [0.05, 0.1) is 12.7 Å². The van der Waals surface area contributed by atoms with Crippen LogP contribution in [-0.2, 0) is 52.1 Å². The Kier molecular flexibility index (Phi) is 9.99. The van der Waals surface area contributed by atoms with Gasteiger partial charge in [0.1, 0.15) is 22.6 Å². The maximum Gasteiger partial charge on any atom is 0.331 e. The first-order valence-electron chi connectivity index (χ1n) is 19.9. The van der Waals surface area contributed by atoms with Crippen molar-refractivity contribution in [1.29, 1.82) is 0 Å². The van der Waals surface area contributed by atoms with Crippen LogP contribution in [0.1, 0.15) is 79.5 Å². The molecule has 2 heterocycles. The fourth-order valence-corrected chi connectivity index (χ4v) is 11.5. The lowest BCUT2D eigenvalue weighted by Gasteiger charge is -2.42. The molecule has 3 atom stereocenters. The van der Waals surface area contributed by atoms with Crippen molar-refractivity contribution in [3.63, 3.8) is 0 Å². The molecule has 4 aromatic carbocycles. The second kappa shape index (κ2) is 14.7. The predicted octanol–water partition coefficient (Wildman–Crippen LogP) is 9.59. The Morgan fingerprint density at radius 2 is 1.38 bits per heavy atom. The number of ether oxygens (including phenoxy) is 1. The van der Waals surface area contributed by atoms with Gasteiger partial charge in [0.15, 0.2) is 18.2 Å². The summed E-state index contributed by atoms with van der Waals surface area (Å²) in [4.78, 5) is 14.8. The van der Waals surface area contributed by atoms with E-state index in [2.05, 4.69) is 50.0 Å². The number of aryl methyl sites for hydroxylation is 2. The van der Waals surface area contributed by atoms with E-state index in [-0.39, 0.29) is 22.1 Å². The summed E-state index contributed by atoms with van der Waals surface area (Å²) < 4.78 is 40.0. The maximum atomic E-state index is 16.4. The first kappa shape index (κ1) is 38.2. The van der Waals surface area contributed by atoms with E-state index < -0.39 is 29.8 Å². The van der Waals surface area contributed by atoms with Crippen LogP contribution in [-0.4, -0.2) is 40.5 Å². The average Bonchev–Trinajstić information content (AvgIpc) is 3.95. The van der Waals surface area contributed by atoms with Crippen LogP contribution < -0.4 is 14.8 Å². The third-order valence-electron chi connectivity index (χ3n) is 12.3. The van der Waals surface area contributed by atoms with Crippen molar-refractivity contribution < 1.29 is 18.2 Å². The zero-order valence-corrected chi connectivity index (χ0v) is 35.1. The summed E-state index contributed by atoms with van der Waals surface area (Å²) >= 11 is 0. The third kappa shape index (κ3) is 6.88. The quantitative estimate of drug-likeness (QED) is 0.114. The van der Waals surface area contributed by atoms with E-state index in [0.717, 1.165) is 60.9 Å². The van der Waals surface area contributed by atoms with Crippen LogP contribution in [0, 0.1) is 0 Å². The van der Waals surface area contributed by atoms with Gasteiger partial charge in [-0.05, 0) is 103 Å². The van der Waals surface area contributed by atoms with Gasteiger partial charge in [-0.2, -0.15) is 9.46 Å². The molecule has 8 rings (SSSR count). The number of hydrogen-bond acceptors (Lipinski definition) is 6. The zero-order chi connectivity index (χ0) is 39.3. The molecule has 11 heteroatoms. The number of hydrogen-bond donors (Lipinski definition) is 2. The molecule has 0 fully saturated rings. The Morgan fingerprint density at radius 1 is 0.857 bits per heavy atom. The molecule has 0 bridgehead atoms. The summed E-state index contributed by atoms with van der Waals surface area (Å²) in [6.07, 6.45) is 6.80. The largest absolute Gasteiger partial charge is 0.471 e. The van der Waals surface area contributed by atoms with Crippen LogP contribution in [0.3, 0.4) is 0 Å². The second-order valence-corrected chi connectivity index (χ2v) is 23.6. The van der Waals surface area contributed by atoms with Crippen molar-refractivity contribution in [2.24, 2.45) is 4.36 Å². The van der Waals surface area contributed by atoms with Crippen LogP contribution in [0.25, 0.3) is 0 Å². The lowest BCUT2D eigenvalue weighted by molar-refractivity contribution is 0.00701. The number of amides is 2. The molecule has 9 nitrogen and oxygen atoms in total. The number of fused-ring (bicyclic) bond motifs is 3. The Hall–Kier alpha value is -4.71. The molecule has 1 aliphatic heterocycles. The maximum absolute atomic E-state index is 16.4. The Bertz CT molecular complexity index is 2240. The minimum atomic E-state index is -3.89. The summed E-state index contributed by atoms with van der Waals surface area (Å²) in [5.41, 5.74) is 6.90. The predicted molar refractivity (Wildman–Crippen MR) is 225 cm³/mol. The van der Waals surface area contributed by atoms with Gasteiger partial charge in [-0.15, -0.1) is 0 Å². The van der Waals surface area contributed by atoms with Gasteiger partial charge >= 0.3 is 6.03 Å². The Balaban J connectivity index is 1.31. The fraction of sp³-hybridized carbons (Fsp3) is 0.378. The van der Waals surface area contributed by atoms with Crippen molar-refractivity contribution in [2.45, 2.75) is 114 Å². The van der Waals surface area contributed by atoms with Crippen LogP contribution in [0.4, 0.5) is 10.5 Å². The van der Waals surface area contributed by atoms with E-state index >= 15 is 4.21 Å². The van der Waals surface area contributed by atoms with Crippen LogP contribution in [0.2, 0.25) is 18.1 Å². The monoisotopic (exact) mass is 787 g/mol. The molecule has 56 heavy (non-hydrogen) atoms. The van der Waals surface area contributed by atoms with E-state index in [1.165, 1.54) is 22.3 Å². The lowest BCUT2D eigenvalue weighted by atomic mass is 9.78. The summed E-state index contributed by atoms with van der Waals surface area (Å²) in [6, 6.07) is 31.3. The molecule has 0 saturated carbocycles. The number of aromatic nitrogens is 2. The van der Waals surface area contributed by atoms with Gasteiger partial charge in [-0.3, -0.25) is 0 Å². The molecule has 5 aromatic rings. The molecule has 2 N–H and O–H groups in total. The van der Waals surface area contributed by atoms with E-state index in [9.17, 15) is 4.79 Å². The van der Waals surface area contributed by atoms with Crippen LogP contribution >= 0.6 is 0 Å². The summed E-state index contributed by atoms with van der Waals surface area (Å²) in [6.45, 7) is 13.5. The zero-order valence-electron chi connectivity index (χ0n) is 33.3. The first-order chi connectivity index (χ1) is 26.8. The van der Waals surface area contributed by atoms with Crippen molar-refractivity contribution in [3.05, 3.63) is 142 Å². The Labute approximate surface area is 332 Å². The minimum Gasteiger partial charge on any atom is -0.471 e. The normalized spacial score (nSPS) is 18.9. The standard InChI is InChI=1S/C45H53N5O4SSi/c1-31-39(54-56(5,6)44(2,3)4)30-50-42(53-31)40(29-46-50)55(52,48-43(51)47-41-37-26-16-18-32(37)28-33-19-17-27-38(33)41)49-45(34-20-10-7-11-21-34,35-22-12-8-13-23-35)36-24-14-9-15-25-36/h7-15,20-25,28-29,31,39H,16-19,26-27,30H2,1-6H3,(H2,47,48,49,51,52). The lowest BCUT2D eigenvalue weighted by Crippen LogP contribution is -2.50. The second-order valence-electron chi connectivity index (χ2n) is 17.0. The summed E-state index contributed by atoms with van der Waals surface area (Å²) in [7, 11) is -6.06. The molecule has 0 radical (unpaired) electrons. The molecule has 292 valence electrons. The number of carbonyl (C=O) groups is 1. The molecule has 0 spiro atoms. The van der Waals surface area contributed by atoms with Crippen molar-refractivity contribution in [1.82, 2.24) is 14.5 Å². The highest BCUT2D eigenvalue weighted by Gasteiger charge is 2.44. The van der Waals surface area contributed by atoms with Crippen molar-refractivity contribution in [2.75, 3.05) is 5.32 Å². The molecule has 2 amide bonds. The Morgan fingerprint density at radius 3 is 1.88 bits per heavy atom. The average molecular weight is 788 g/mol. The van der Waals surface area contributed by atoms with Crippen LogP contribution in [0.5, 0.6) is 5.88 Å². The fourth-order valence-electron chi connectivity index (χ4n) is 8.30. The number of carbonyl (C=O) groups excluding carboxylic acids is 1. The third-order valence-corrected chi connectivity index (χ3v) is 18.6. The number of nitrogens with zero attached hydrogens (tertiary/aromatic N) is 3. The molecular formula is C45H53N5O4SSi. The molecule has 3 unspecified atom stereocenters. The summed E-state index contributed by atoms with van der Waals surface area (Å²) in [5, 5.41) is 7.98. The smallest absolute Gasteiger partial charge is 0.331 e. The summed E-state index contributed by atoms with van der Waals surface area (Å²) in [5.74, 6) is 0.311. The number of rotatable bonds is 9. The van der Waals surface area contributed by atoms with Gasteiger partial charge in [0.2, 0.25) is 5.88 Å². The van der Waals surface area contributed by atoms with Gasteiger partial charge in [0.25, 0.3) is 0 Å². The molecule has 3 aliphatic rings.